The summed E-state index contributed by atoms with van der Waals surface area (Å²) in [6.45, 7) is 0. The Hall–Kier alpha value is -2.04. The van der Waals surface area contributed by atoms with Gasteiger partial charge in [0.1, 0.15) is 0 Å². The fourth-order valence-electron chi connectivity index (χ4n) is 2.25. The number of carbonyl (C=O) groups excluding carboxylic acids is 1. The van der Waals surface area contributed by atoms with Gasteiger partial charge < -0.3 is 5.32 Å². The van der Waals surface area contributed by atoms with Gasteiger partial charge in [-0.1, -0.05) is 58.4 Å². The van der Waals surface area contributed by atoms with E-state index in [1.807, 2.05) is 66.7 Å². The van der Waals surface area contributed by atoms with Crippen LogP contribution >= 0.6 is 27.7 Å². The molecule has 0 aromatic heterocycles. The van der Waals surface area contributed by atoms with Crippen LogP contribution in [-0.4, -0.2) is 11.7 Å². The highest BCUT2D eigenvalue weighted by atomic mass is 79.9. The molecule has 0 fully saturated rings. The van der Waals surface area contributed by atoms with Crippen LogP contribution in [0.15, 0.2) is 88.2 Å². The van der Waals surface area contributed by atoms with Crippen LogP contribution in [0, 0.1) is 0 Å². The molecule has 3 rings (SSSR count). The molecule has 3 aromatic rings. The minimum absolute atomic E-state index is 0.00428. The molecule has 24 heavy (non-hydrogen) atoms. The van der Waals surface area contributed by atoms with E-state index >= 15 is 0 Å². The molecule has 1 N–H and O–H groups in total. The summed E-state index contributed by atoms with van der Waals surface area (Å²) in [7, 11) is 0. The second-order valence-corrected chi connectivity index (χ2v) is 7.20. The van der Waals surface area contributed by atoms with Crippen LogP contribution in [-0.2, 0) is 4.79 Å². The minimum atomic E-state index is -0.00428. The molecule has 0 unspecified atom stereocenters. The predicted octanol–water partition coefficient (Wildman–Crippen LogP) is 5.85. The standard InChI is InChI=1S/C20H16BrNOS/c21-17-8-12-19(13-9-17)24-14-20(23)22-18-10-6-16(7-11-18)15-4-2-1-3-5-15/h1-13H,14H2,(H,22,23). The summed E-state index contributed by atoms with van der Waals surface area (Å²) in [4.78, 5) is 13.1. The van der Waals surface area contributed by atoms with E-state index in [-0.39, 0.29) is 5.91 Å². The van der Waals surface area contributed by atoms with Gasteiger partial charge in [0.15, 0.2) is 0 Å². The van der Waals surface area contributed by atoms with Crippen molar-refractivity contribution >= 4 is 39.3 Å². The number of hydrogen-bond acceptors (Lipinski definition) is 2. The van der Waals surface area contributed by atoms with E-state index in [2.05, 4.69) is 33.4 Å². The van der Waals surface area contributed by atoms with Crippen LogP contribution in [0.3, 0.4) is 0 Å². The number of amides is 1. The molecular weight excluding hydrogens is 382 g/mol. The minimum Gasteiger partial charge on any atom is -0.325 e. The number of benzene rings is 3. The number of halogens is 1. The summed E-state index contributed by atoms with van der Waals surface area (Å²) in [6, 6.07) is 26.0. The molecule has 2 nitrogen and oxygen atoms in total. The molecule has 3 aromatic carbocycles. The lowest BCUT2D eigenvalue weighted by molar-refractivity contribution is -0.113. The number of thioether (sulfide) groups is 1. The highest BCUT2D eigenvalue weighted by Gasteiger charge is 2.04. The monoisotopic (exact) mass is 397 g/mol. The van der Waals surface area contributed by atoms with E-state index in [1.165, 1.54) is 17.3 Å². The average Bonchev–Trinajstić information content (AvgIpc) is 2.63. The largest absolute Gasteiger partial charge is 0.325 e. The van der Waals surface area contributed by atoms with E-state index in [0.29, 0.717) is 5.75 Å². The van der Waals surface area contributed by atoms with E-state index < -0.39 is 0 Å². The predicted molar refractivity (Wildman–Crippen MR) is 105 cm³/mol. The van der Waals surface area contributed by atoms with Gasteiger partial charge in [0, 0.05) is 15.1 Å². The fourth-order valence-corrected chi connectivity index (χ4v) is 3.22. The smallest absolute Gasteiger partial charge is 0.234 e. The first-order chi connectivity index (χ1) is 11.7. The van der Waals surface area contributed by atoms with Crippen LogP contribution in [0.2, 0.25) is 0 Å². The molecule has 0 heterocycles. The van der Waals surface area contributed by atoms with Crippen molar-refractivity contribution in [3.63, 3.8) is 0 Å². The second-order valence-electron chi connectivity index (χ2n) is 5.23. The molecule has 0 aliphatic heterocycles. The molecule has 0 bridgehead atoms. The van der Waals surface area contributed by atoms with Gasteiger partial charge in [-0.15, -0.1) is 11.8 Å². The van der Waals surface area contributed by atoms with E-state index in [0.717, 1.165) is 20.6 Å². The van der Waals surface area contributed by atoms with Gasteiger partial charge in [-0.2, -0.15) is 0 Å². The third-order valence-corrected chi connectivity index (χ3v) is 5.00. The Labute approximate surface area is 154 Å². The van der Waals surface area contributed by atoms with Gasteiger partial charge in [0.2, 0.25) is 5.91 Å². The summed E-state index contributed by atoms with van der Waals surface area (Å²) in [5, 5.41) is 2.93. The lowest BCUT2D eigenvalue weighted by atomic mass is 10.1. The molecule has 120 valence electrons. The summed E-state index contributed by atoms with van der Waals surface area (Å²) >= 11 is 4.93. The summed E-state index contributed by atoms with van der Waals surface area (Å²) in [5.74, 6) is 0.387. The number of rotatable bonds is 5. The Bertz CT molecular complexity index is 801. The first-order valence-electron chi connectivity index (χ1n) is 7.54. The SMILES string of the molecule is O=C(CSc1ccc(Br)cc1)Nc1ccc(-c2ccccc2)cc1. The Morgan fingerprint density at radius 3 is 2.12 bits per heavy atom. The molecule has 0 saturated carbocycles. The maximum atomic E-state index is 12.1. The van der Waals surface area contributed by atoms with Crippen LogP contribution in [0.25, 0.3) is 11.1 Å². The summed E-state index contributed by atoms with van der Waals surface area (Å²) in [5.41, 5.74) is 3.12. The fraction of sp³-hybridized carbons (Fsp3) is 0.0500. The van der Waals surface area contributed by atoms with Crippen LogP contribution in [0.1, 0.15) is 0 Å². The molecule has 0 radical (unpaired) electrons. The van der Waals surface area contributed by atoms with Crippen molar-refractivity contribution in [2.24, 2.45) is 0 Å². The highest BCUT2D eigenvalue weighted by molar-refractivity contribution is 9.10. The molecule has 1 amide bonds. The molecule has 0 saturated heterocycles. The Balaban J connectivity index is 1.55. The lowest BCUT2D eigenvalue weighted by Crippen LogP contribution is -2.13. The van der Waals surface area contributed by atoms with E-state index in [1.54, 1.807) is 0 Å². The van der Waals surface area contributed by atoms with Crippen molar-refractivity contribution in [1.82, 2.24) is 0 Å². The second kappa shape index (κ2) is 8.18. The zero-order valence-electron chi connectivity index (χ0n) is 12.9. The Morgan fingerprint density at radius 1 is 0.833 bits per heavy atom. The van der Waals surface area contributed by atoms with Crippen LogP contribution < -0.4 is 5.32 Å². The number of anilines is 1. The van der Waals surface area contributed by atoms with Gasteiger partial charge in [-0.25, -0.2) is 0 Å². The molecule has 4 heteroatoms. The zero-order valence-corrected chi connectivity index (χ0v) is 15.3. The maximum Gasteiger partial charge on any atom is 0.234 e. The first kappa shape index (κ1) is 16.8. The van der Waals surface area contributed by atoms with Crippen molar-refractivity contribution in [1.29, 1.82) is 0 Å². The molecule has 0 spiro atoms. The van der Waals surface area contributed by atoms with E-state index in [4.69, 9.17) is 0 Å². The van der Waals surface area contributed by atoms with Crippen molar-refractivity contribution in [3.05, 3.63) is 83.3 Å². The van der Waals surface area contributed by atoms with Crippen molar-refractivity contribution < 1.29 is 4.79 Å². The Morgan fingerprint density at radius 2 is 1.46 bits per heavy atom. The van der Waals surface area contributed by atoms with Gasteiger partial charge in [0.05, 0.1) is 5.75 Å². The lowest BCUT2D eigenvalue weighted by Gasteiger charge is -2.07. The number of hydrogen-bond donors (Lipinski definition) is 1. The van der Waals surface area contributed by atoms with Gasteiger partial charge >= 0.3 is 0 Å². The quantitative estimate of drug-likeness (QED) is 0.547. The van der Waals surface area contributed by atoms with Crippen molar-refractivity contribution in [2.45, 2.75) is 4.90 Å². The third-order valence-electron chi connectivity index (χ3n) is 3.46. The van der Waals surface area contributed by atoms with Gasteiger partial charge in [-0.05, 0) is 47.5 Å². The van der Waals surface area contributed by atoms with Crippen LogP contribution in [0.5, 0.6) is 0 Å². The van der Waals surface area contributed by atoms with E-state index in [9.17, 15) is 4.79 Å². The molecule has 0 atom stereocenters. The van der Waals surface area contributed by atoms with Crippen molar-refractivity contribution in [3.8, 4) is 11.1 Å². The summed E-state index contributed by atoms with van der Waals surface area (Å²) < 4.78 is 1.04. The third kappa shape index (κ3) is 4.73. The normalized spacial score (nSPS) is 10.4. The number of carbonyl (C=O) groups is 1. The molecular formula is C20H16BrNOS. The van der Waals surface area contributed by atoms with Gasteiger partial charge in [0.25, 0.3) is 0 Å². The summed E-state index contributed by atoms with van der Waals surface area (Å²) in [6.07, 6.45) is 0. The molecule has 0 aliphatic rings. The molecule has 0 aliphatic carbocycles. The average molecular weight is 398 g/mol. The van der Waals surface area contributed by atoms with Crippen molar-refractivity contribution in [2.75, 3.05) is 11.1 Å². The first-order valence-corrected chi connectivity index (χ1v) is 9.32. The Kier molecular flexibility index (Phi) is 5.72. The topological polar surface area (TPSA) is 29.1 Å². The highest BCUT2D eigenvalue weighted by Crippen LogP contribution is 2.22. The maximum absolute atomic E-state index is 12.1. The van der Waals surface area contributed by atoms with Gasteiger partial charge in [-0.3, -0.25) is 4.79 Å². The van der Waals surface area contributed by atoms with Crippen LogP contribution in [0.4, 0.5) is 5.69 Å². The number of nitrogens with one attached hydrogen (secondary N) is 1. The zero-order chi connectivity index (χ0) is 16.8.